The Bertz CT molecular complexity index is 730. The van der Waals surface area contributed by atoms with Crippen LogP contribution in [0.1, 0.15) is 24.5 Å². The van der Waals surface area contributed by atoms with E-state index in [4.69, 9.17) is 21.1 Å². The molecule has 0 saturated carbocycles. The van der Waals surface area contributed by atoms with Gasteiger partial charge >= 0.3 is 0 Å². The summed E-state index contributed by atoms with van der Waals surface area (Å²) in [6.07, 6.45) is 2.53. The van der Waals surface area contributed by atoms with E-state index < -0.39 is 0 Å². The van der Waals surface area contributed by atoms with Crippen molar-refractivity contribution in [3.8, 4) is 11.5 Å². The summed E-state index contributed by atoms with van der Waals surface area (Å²) in [6.45, 7) is 4.50. The molecular weight excluding hydrogens is 340 g/mol. The molecule has 0 radical (unpaired) electrons. The highest BCUT2D eigenvalue weighted by Gasteiger charge is 2.03. The Morgan fingerprint density at radius 2 is 1.88 bits per heavy atom. The highest BCUT2D eigenvalue weighted by molar-refractivity contribution is 6.31. The number of hydrazone groups is 1. The van der Waals surface area contributed by atoms with E-state index in [9.17, 15) is 4.79 Å². The quantitative estimate of drug-likeness (QED) is 0.572. The van der Waals surface area contributed by atoms with Gasteiger partial charge in [-0.05, 0) is 66.9 Å². The van der Waals surface area contributed by atoms with Crippen LogP contribution in [-0.2, 0) is 4.79 Å². The summed E-state index contributed by atoms with van der Waals surface area (Å²) in [6, 6.07) is 12.7. The van der Waals surface area contributed by atoms with Crippen LogP contribution in [0.15, 0.2) is 47.6 Å². The minimum Gasteiger partial charge on any atom is -0.494 e. The molecule has 132 valence electrons. The number of nitrogens with one attached hydrogen (secondary N) is 1. The molecule has 1 amide bonds. The molecular formula is C19H21ClN2O3. The first-order chi connectivity index (χ1) is 12.1. The number of rotatable bonds is 8. The Balaban J connectivity index is 1.77. The SMILES string of the molecule is CCCOc1ccc(/C=N/NC(=O)COc2ccc(Cl)c(C)c2)cc1. The topological polar surface area (TPSA) is 59.9 Å². The van der Waals surface area contributed by atoms with E-state index in [1.54, 1.807) is 24.4 Å². The number of amides is 1. The van der Waals surface area contributed by atoms with Crippen molar-refractivity contribution in [2.75, 3.05) is 13.2 Å². The van der Waals surface area contributed by atoms with Gasteiger partial charge < -0.3 is 9.47 Å². The van der Waals surface area contributed by atoms with Gasteiger partial charge in [-0.3, -0.25) is 4.79 Å². The zero-order valence-electron chi connectivity index (χ0n) is 14.3. The number of hydrogen-bond donors (Lipinski definition) is 1. The van der Waals surface area contributed by atoms with E-state index in [0.29, 0.717) is 17.4 Å². The molecule has 0 heterocycles. The summed E-state index contributed by atoms with van der Waals surface area (Å²) in [5.74, 6) is 1.06. The van der Waals surface area contributed by atoms with E-state index in [1.165, 1.54) is 0 Å². The molecule has 0 aliphatic heterocycles. The van der Waals surface area contributed by atoms with Crippen molar-refractivity contribution < 1.29 is 14.3 Å². The zero-order chi connectivity index (χ0) is 18.1. The molecule has 0 atom stereocenters. The van der Waals surface area contributed by atoms with Gasteiger partial charge in [0.25, 0.3) is 5.91 Å². The second-order valence-corrected chi connectivity index (χ2v) is 5.82. The summed E-state index contributed by atoms with van der Waals surface area (Å²) in [4.78, 5) is 11.7. The van der Waals surface area contributed by atoms with Crippen molar-refractivity contribution in [3.05, 3.63) is 58.6 Å². The van der Waals surface area contributed by atoms with Gasteiger partial charge in [0.2, 0.25) is 0 Å². The molecule has 0 aliphatic rings. The van der Waals surface area contributed by atoms with Crippen molar-refractivity contribution >= 4 is 23.7 Å². The van der Waals surface area contributed by atoms with Crippen LogP contribution in [0, 0.1) is 6.92 Å². The van der Waals surface area contributed by atoms with Gasteiger partial charge in [-0.15, -0.1) is 0 Å². The average Bonchev–Trinajstić information content (AvgIpc) is 2.62. The molecule has 6 heteroatoms. The van der Waals surface area contributed by atoms with Gasteiger partial charge in [0.05, 0.1) is 12.8 Å². The average molecular weight is 361 g/mol. The molecule has 0 spiro atoms. The van der Waals surface area contributed by atoms with Crippen LogP contribution < -0.4 is 14.9 Å². The number of carbonyl (C=O) groups is 1. The lowest BCUT2D eigenvalue weighted by Crippen LogP contribution is -2.24. The van der Waals surface area contributed by atoms with Crippen molar-refractivity contribution in [1.29, 1.82) is 0 Å². The smallest absolute Gasteiger partial charge is 0.277 e. The van der Waals surface area contributed by atoms with Crippen molar-refractivity contribution in [2.45, 2.75) is 20.3 Å². The molecule has 0 unspecified atom stereocenters. The largest absolute Gasteiger partial charge is 0.494 e. The maximum absolute atomic E-state index is 11.7. The number of nitrogens with zero attached hydrogens (tertiary/aromatic N) is 1. The normalized spacial score (nSPS) is 10.7. The van der Waals surface area contributed by atoms with Crippen molar-refractivity contribution in [1.82, 2.24) is 5.43 Å². The molecule has 2 aromatic carbocycles. The fraction of sp³-hybridized carbons (Fsp3) is 0.263. The van der Waals surface area contributed by atoms with Crippen LogP contribution in [0.4, 0.5) is 0 Å². The maximum Gasteiger partial charge on any atom is 0.277 e. The van der Waals surface area contributed by atoms with Crippen molar-refractivity contribution in [3.63, 3.8) is 0 Å². The molecule has 2 rings (SSSR count). The zero-order valence-corrected chi connectivity index (χ0v) is 15.0. The minimum absolute atomic E-state index is 0.123. The Morgan fingerprint density at radius 3 is 2.56 bits per heavy atom. The summed E-state index contributed by atoms with van der Waals surface area (Å²) in [5, 5.41) is 4.57. The summed E-state index contributed by atoms with van der Waals surface area (Å²) in [7, 11) is 0. The molecule has 0 aliphatic carbocycles. The molecule has 0 aromatic heterocycles. The van der Waals surface area contributed by atoms with Gasteiger partial charge in [-0.1, -0.05) is 18.5 Å². The molecule has 0 saturated heterocycles. The molecule has 1 N–H and O–H groups in total. The standard InChI is InChI=1S/C19H21ClN2O3/c1-3-10-24-16-6-4-15(5-7-16)12-21-22-19(23)13-25-17-8-9-18(20)14(2)11-17/h4-9,11-12H,3,10,13H2,1-2H3,(H,22,23)/b21-12+. The van der Waals surface area contributed by atoms with E-state index in [2.05, 4.69) is 17.5 Å². The van der Waals surface area contributed by atoms with Gasteiger partial charge in [0.15, 0.2) is 6.61 Å². The lowest BCUT2D eigenvalue weighted by Gasteiger charge is -2.06. The molecule has 2 aromatic rings. The number of benzene rings is 2. The summed E-state index contributed by atoms with van der Waals surface area (Å²) in [5.41, 5.74) is 4.18. The first-order valence-corrected chi connectivity index (χ1v) is 8.40. The highest BCUT2D eigenvalue weighted by atomic mass is 35.5. The Labute approximate surface area is 152 Å². The number of hydrogen-bond acceptors (Lipinski definition) is 4. The number of ether oxygens (including phenoxy) is 2. The van der Waals surface area contributed by atoms with Crippen molar-refractivity contribution in [2.24, 2.45) is 5.10 Å². The third kappa shape index (κ3) is 6.47. The minimum atomic E-state index is -0.341. The van der Waals surface area contributed by atoms with E-state index in [0.717, 1.165) is 23.3 Å². The number of aryl methyl sites for hydroxylation is 1. The van der Waals surface area contributed by atoms with Crippen LogP contribution >= 0.6 is 11.6 Å². The van der Waals surface area contributed by atoms with E-state index >= 15 is 0 Å². The Kier molecular flexibility index (Phi) is 7.29. The maximum atomic E-state index is 11.7. The fourth-order valence-electron chi connectivity index (χ4n) is 1.94. The fourth-order valence-corrected chi connectivity index (χ4v) is 2.05. The van der Waals surface area contributed by atoms with Gasteiger partial charge in [0.1, 0.15) is 11.5 Å². The van der Waals surface area contributed by atoms with Crippen LogP contribution in [0.3, 0.4) is 0 Å². The Morgan fingerprint density at radius 1 is 1.16 bits per heavy atom. The van der Waals surface area contributed by atoms with Crippen LogP contribution in [-0.4, -0.2) is 25.3 Å². The lowest BCUT2D eigenvalue weighted by atomic mass is 10.2. The highest BCUT2D eigenvalue weighted by Crippen LogP contribution is 2.20. The second-order valence-electron chi connectivity index (χ2n) is 5.41. The lowest BCUT2D eigenvalue weighted by molar-refractivity contribution is -0.123. The van der Waals surface area contributed by atoms with Gasteiger partial charge in [-0.25, -0.2) is 5.43 Å². The number of carbonyl (C=O) groups excluding carboxylic acids is 1. The van der Waals surface area contributed by atoms with Gasteiger partial charge in [-0.2, -0.15) is 5.10 Å². The first-order valence-electron chi connectivity index (χ1n) is 8.02. The third-order valence-corrected chi connectivity index (χ3v) is 3.68. The summed E-state index contributed by atoms with van der Waals surface area (Å²) < 4.78 is 10.9. The second kappa shape index (κ2) is 9.69. The molecule has 5 nitrogen and oxygen atoms in total. The molecule has 0 bridgehead atoms. The first kappa shape index (κ1) is 18.8. The summed E-state index contributed by atoms with van der Waals surface area (Å²) >= 11 is 5.94. The van der Waals surface area contributed by atoms with Gasteiger partial charge in [0, 0.05) is 5.02 Å². The molecule has 25 heavy (non-hydrogen) atoms. The monoisotopic (exact) mass is 360 g/mol. The van der Waals surface area contributed by atoms with Crippen LogP contribution in [0.25, 0.3) is 0 Å². The van der Waals surface area contributed by atoms with Crippen LogP contribution in [0.5, 0.6) is 11.5 Å². The molecule has 0 fully saturated rings. The number of halogens is 1. The third-order valence-electron chi connectivity index (χ3n) is 3.26. The van der Waals surface area contributed by atoms with Crippen LogP contribution in [0.2, 0.25) is 5.02 Å². The predicted molar refractivity (Wildman–Crippen MR) is 99.6 cm³/mol. The Hall–Kier alpha value is -2.53. The van der Waals surface area contributed by atoms with E-state index in [1.807, 2.05) is 31.2 Å². The predicted octanol–water partition coefficient (Wildman–Crippen LogP) is 3.97. The van der Waals surface area contributed by atoms with E-state index in [-0.39, 0.29) is 12.5 Å².